The summed E-state index contributed by atoms with van der Waals surface area (Å²) < 4.78 is 11.7. The quantitative estimate of drug-likeness (QED) is 0.566. The summed E-state index contributed by atoms with van der Waals surface area (Å²) >= 11 is 1.76. The van der Waals surface area contributed by atoms with Gasteiger partial charge in [-0.2, -0.15) is 11.8 Å². The number of thioether (sulfide) groups is 1. The molecule has 0 aromatic heterocycles. The van der Waals surface area contributed by atoms with Gasteiger partial charge in [-0.3, -0.25) is 4.79 Å². The van der Waals surface area contributed by atoms with E-state index in [2.05, 4.69) is 26.1 Å². The van der Waals surface area contributed by atoms with Crippen LogP contribution in [0, 0.1) is 5.41 Å². The van der Waals surface area contributed by atoms with Crippen LogP contribution >= 0.6 is 11.8 Å². The van der Waals surface area contributed by atoms with Crippen molar-refractivity contribution in [2.24, 2.45) is 5.41 Å². The summed E-state index contributed by atoms with van der Waals surface area (Å²) in [6.45, 7) is 13.6. The van der Waals surface area contributed by atoms with Crippen molar-refractivity contribution in [2.45, 2.75) is 64.9 Å². The summed E-state index contributed by atoms with van der Waals surface area (Å²) in [5.41, 5.74) is 1.64. The maximum Gasteiger partial charge on any atom is 1.00 e. The molecule has 0 aliphatic carbocycles. The molecule has 0 bridgehead atoms. The second-order valence-electron chi connectivity index (χ2n) is 9.98. The third kappa shape index (κ3) is 8.84. The molecule has 0 aliphatic heterocycles. The minimum absolute atomic E-state index is 0. The Morgan fingerprint density at radius 1 is 1.00 bits per heavy atom. The van der Waals surface area contributed by atoms with Gasteiger partial charge in [0, 0.05) is 39.1 Å². The van der Waals surface area contributed by atoms with E-state index in [4.69, 9.17) is 9.47 Å². The van der Waals surface area contributed by atoms with Crippen LogP contribution in [0.3, 0.4) is 0 Å². The first-order valence-electron chi connectivity index (χ1n) is 10.9. The molecular formula is C26H34NNaO5S. The Balaban J connectivity index is 0.00000578. The molecule has 8 heteroatoms. The predicted octanol–water partition coefficient (Wildman–Crippen LogP) is 2.36. The average Bonchev–Trinajstić information content (AvgIpc) is 2.71. The number of anilines is 1. The van der Waals surface area contributed by atoms with Crippen LogP contribution in [0.25, 0.3) is 0 Å². The van der Waals surface area contributed by atoms with Crippen LogP contribution < -0.4 is 49.5 Å². The van der Waals surface area contributed by atoms with Gasteiger partial charge in [0.1, 0.15) is 5.75 Å². The van der Waals surface area contributed by atoms with Crippen LogP contribution in [0.1, 0.15) is 65.5 Å². The fourth-order valence-corrected chi connectivity index (χ4v) is 3.59. The third-order valence-electron chi connectivity index (χ3n) is 4.92. The zero-order valence-corrected chi connectivity index (χ0v) is 24.5. The molecule has 1 atom stereocenters. The summed E-state index contributed by atoms with van der Waals surface area (Å²) in [5, 5.41) is 14.3. The summed E-state index contributed by atoms with van der Waals surface area (Å²) in [6.07, 6.45) is 0. The van der Waals surface area contributed by atoms with E-state index in [1.807, 2.05) is 32.9 Å². The fraction of sp³-hybridized carbons (Fsp3) is 0.462. The summed E-state index contributed by atoms with van der Waals surface area (Å²) in [4.78, 5) is 23.8. The molecule has 0 spiro atoms. The summed E-state index contributed by atoms with van der Waals surface area (Å²) in [7, 11) is 1.53. The Hall–Kier alpha value is -1.67. The molecule has 0 fully saturated rings. The topological polar surface area (TPSA) is 87.7 Å². The SMILES string of the molecule is COc1ccc(C(C)C(=O)[O-])cc1Oc1ccc(NC(=O)C(C)(C)C)cc1CSC(C)(C)C.[Na+]. The van der Waals surface area contributed by atoms with Crippen molar-refractivity contribution in [3.8, 4) is 17.2 Å². The van der Waals surface area contributed by atoms with E-state index >= 15 is 0 Å². The molecular weight excluding hydrogens is 461 g/mol. The number of carbonyl (C=O) groups is 2. The van der Waals surface area contributed by atoms with E-state index in [1.165, 1.54) is 7.11 Å². The van der Waals surface area contributed by atoms with Gasteiger partial charge in [-0.1, -0.05) is 54.5 Å². The second-order valence-corrected chi connectivity index (χ2v) is 11.8. The largest absolute Gasteiger partial charge is 1.00 e. The second kappa shape index (κ2) is 12.3. The zero-order chi connectivity index (χ0) is 25.0. The van der Waals surface area contributed by atoms with E-state index in [0.29, 0.717) is 34.3 Å². The van der Waals surface area contributed by atoms with Gasteiger partial charge in [-0.15, -0.1) is 0 Å². The molecule has 1 unspecified atom stereocenters. The first kappa shape index (κ1) is 30.4. The van der Waals surface area contributed by atoms with Crippen molar-refractivity contribution in [1.82, 2.24) is 0 Å². The number of carbonyl (C=O) groups excluding carboxylic acids is 2. The minimum atomic E-state index is -1.16. The molecule has 180 valence electrons. The zero-order valence-electron chi connectivity index (χ0n) is 21.7. The van der Waals surface area contributed by atoms with Crippen molar-refractivity contribution < 1.29 is 53.7 Å². The molecule has 2 aromatic carbocycles. The van der Waals surface area contributed by atoms with Gasteiger partial charge >= 0.3 is 29.6 Å². The van der Waals surface area contributed by atoms with Gasteiger partial charge in [0.15, 0.2) is 11.5 Å². The van der Waals surface area contributed by atoms with E-state index in [0.717, 1.165) is 5.56 Å². The van der Waals surface area contributed by atoms with E-state index in [9.17, 15) is 14.7 Å². The molecule has 1 N–H and O–H groups in total. The minimum Gasteiger partial charge on any atom is -0.550 e. The van der Waals surface area contributed by atoms with Crippen LogP contribution in [-0.2, 0) is 15.3 Å². The molecule has 0 saturated heterocycles. The van der Waals surface area contributed by atoms with Gasteiger partial charge in [0.2, 0.25) is 5.91 Å². The van der Waals surface area contributed by atoms with Crippen molar-refractivity contribution in [1.29, 1.82) is 0 Å². The molecule has 1 amide bonds. The van der Waals surface area contributed by atoms with Crippen molar-refractivity contribution in [2.75, 3.05) is 12.4 Å². The number of carboxylic acid groups (broad SMARTS) is 1. The number of methoxy groups -OCH3 is 1. The summed E-state index contributed by atoms with van der Waals surface area (Å²) in [6, 6.07) is 10.6. The maximum absolute atomic E-state index is 12.5. The first-order chi connectivity index (χ1) is 15.2. The molecule has 2 rings (SSSR count). The monoisotopic (exact) mass is 495 g/mol. The maximum atomic E-state index is 12.5. The molecule has 6 nitrogen and oxygen atoms in total. The average molecular weight is 496 g/mol. The van der Waals surface area contributed by atoms with Crippen molar-refractivity contribution in [3.63, 3.8) is 0 Å². The van der Waals surface area contributed by atoms with Gasteiger partial charge in [-0.05, 0) is 35.9 Å². The Morgan fingerprint density at radius 3 is 2.15 bits per heavy atom. The van der Waals surface area contributed by atoms with Crippen LogP contribution in [0.15, 0.2) is 36.4 Å². The van der Waals surface area contributed by atoms with Crippen LogP contribution in [0.2, 0.25) is 0 Å². The van der Waals surface area contributed by atoms with E-state index in [1.54, 1.807) is 43.0 Å². The van der Waals surface area contributed by atoms with E-state index in [-0.39, 0.29) is 40.2 Å². The number of hydrogen-bond acceptors (Lipinski definition) is 6. The number of aliphatic carboxylic acids is 1. The Morgan fingerprint density at radius 2 is 1.62 bits per heavy atom. The molecule has 0 aliphatic rings. The van der Waals surface area contributed by atoms with Crippen LogP contribution in [-0.4, -0.2) is 23.7 Å². The Bertz CT molecular complexity index is 1010. The normalized spacial score (nSPS) is 12.4. The number of nitrogens with one attached hydrogen (secondary N) is 1. The summed E-state index contributed by atoms with van der Waals surface area (Å²) in [5.74, 6) is 0.153. The molecule has 2 aromatic rings. The third-order valence-corrected chi connectivity index (χ3v) is 6.24. The van der Waals surface area contributed by atoms with Crippen LogP contribution in [0.4, 0.5) is 5.69 Å². The van der Waals surface area contributed by atoms with Gasteiger partial charge < -0.3 is 24.7 Å². The molecule has 0 heterocycles. The molecule has 34 heavy (non-hydrogen) atoms. The molecule has 0 saturated carbocycles. The number of amides is 1. The number of rotatable bonds is 8. The number of benzene rings is 2. The van der Waals surface area contributed by atoms with Crippen molar-refractivity contribution >= 4 is 29.3 Å². The molecule has 0 radical (unpaired) electrons. The van der Waals surface area contributed by atoms with Gasteiger partial charge in [-0.25, -0.2) is 0 Å². The van der Waals surface area contributed by atoms with Gasteiger partial charge in [0.25, 0.3) is 0 Å². The Kier molecular flexibility index (Phi) is 11.0. The van der Waals surface area contributed by atoms with Crippen LogP contribution in [0.5, 0.6) is 17.2 Å². The number of hydrogen-bond donors (Lipinski definition) is 1. The number of carboxylic acids is 1. The first-order valence-corrected chi connectivity index (χ1v) is 11.8. The van der Waals surface area contributed by atoms with Crippen molar-refractivity contribution in [3.05, 3.63) is 47.5 Å². The van der Waals surface area contributed by atoms with Gasteiger partial charge in [0.05, 0.1) is 7.11 Å². The Labute approximate surface area is 229 Å². The van der Waals surface area contributed by atoms with E-state index < -0.39 is 17.3 Å². The fourth-order valence-electron chi connectivity index (χ4n) is 2.78. The smallest absolute Gasteiger partial charge is 0.550 e. The predicted molar refractivity (Wildman–Crippen MR) is 132 cm³/mol. The standard InChI is InChI=1S/C26H35NO5S.Na/c1-16(23(28)29)17-9-11-21(31-8)22(14-17)32-20-12-10-19(27-24(30)25(2,3)4)13-18(20)15-33-26(5,6)7;/h9-14,16H,15H2,1-8H3,(H,27,30)(H,28,29);/q;+1/p-1. The number of ether oxygens (including phenoxy) is 2.